The number of nitrogens with zero attached hydrogens (tertiary/aromatic N) is 2. The van der Waals surface area contributed by atoms with Crippen LogP contribution in [0.2, 0.25) is 0 Å². The number of aryl methyl sites for hydroxylation is 2. The SMILES string of the molecule is O=C(/C=C/C(=O)OC1=NC(CC2=Cc3c(F)cccc3CC2)CN1)OC1=NC(CC2=Cc3c(F)cccc3CC2)CN1. The second-order valence-electron chi connectivity index (χ2n) is 10.8. The van der Waals surface area contributed by atoms with Gasteiger partial charge >= 0.3 is 11.9 Å². The lowest BCUT2D eigenvalue weighted by Gasteiger charge is -2.18. The number of ether oxygens (including phenoxy) is 2. The maximum absolute atomic E-state index is 14.2. The molecule has 2 N–H and O–H groups in total. The van der Waals surface area contributed by atoms with E-state index in [9.17, 15) is 18.4 Å². The molecule has 2 atom stereocenters. The summed E-state index contributed by atoms with van der Waals surface area (Å²) in [4.78, 5) is 33.3. The van der Waals surface area contributed by atoms with Gasteiger partial charge in [-0.05, 0) is 61.8 Å². The summed E-state index contributed by atoms with van der Waals surface area (Å²) >= 11 is 0. The lowest BCUT2D eigenvalue weighted by atomic mass is 9.89. The van der Waals surface area contributed by atoms with Crippen LogP contribution < -0.4 is 10.6 Å². The number of rotatable bonds is 6. The van der Waals surface area contributed by atoms with E-state index < -0.39 is 11.9 Å². The Bertz CT molecular complexity index is 1460. The first-order valence-corrected chi connectivity index (χ1v) is 14.1. The van der Waals surface area contributed by atoms with Crippen molar-refractivity contribution in [1.29, 1.82) is 0 Å². The van der Waals surface area contributed by atoms with Gasteiger partial charge in [0.1, 0.15) is 11.6 Å². The molecule has 0 spiro atoms. The van der Waals surface area contributed by atoms with E-state index in [-0.39, 0.29) is 35.8 Å². The molecule has 10 heteroatoms. The van der Waals surface area contributed by atoms with Gasteiger partial charge in [0.05, 0.1) is 12.1 Å². The zero-order valence-corrected chi connectivity index (χ0v) is 22.9. The van der Waals surface area contributed by atoms with Crippen LogP contribution in [0.4, 0.5) is 8.78 Å². The Morgan fingerprint density at radius 2 is 1.19 bits per heavy atom. The fourth-order valence-corrected chi connectivity index (χ4v) is 5.67. The highest BCUT2D eigenvalue weighted by Gasteiger charge is 2.24. The van der Waals surface area contributed by atoms with Gasteiger partial charge in [0.2, 0.25) is 0 Å². The molecule has 2 aromatic rings. The summed E-state index contributed by atoms with van der Waals surface area (Å²) in [5, 5.41) is 5.90. The number of aliphatic imine (C=N–C) groups is 2. The van der Waals surface area contributed by atoms with Gasteiger partial charge in [0.15, 0.2) is 0 Å². The summed E-state index contributed by atoms with van der Waals surface area (Å²) in [6.45, 7) is 0.974. The standard InChI is InChI=1S/C32H30F2N4O4/c33-27-5-1-3-21-9-7-19(15-25(21)27)13-23-17-35-31(37-23)41-29(39)11-12-30(40)42-32-36-18-24(38-32)14-20-8-10-22-4-2-6-28(34)26(22)16-20/h1-6,11-12,15-16,23-24H,7-10,13-14,17-18H2,(H,35,37)(H,36,38)/b12-11+. The molecule has 0 bridgehead atoms. The molecule has 216 valence electrons. The van der Waals surface area contributed by atoms with Crippen molar-refractivity contribution < 1.29 is 27.8 Å². The number of amidine groups is 2. The molecular formula is C32H30F2N4O4. The Balaban J connectivity index is 0.964. The largest absolute Gasteiger partial charge is 0.389 e. The van der Waals surface area contributed by atoms with Crippen molar-refractivity contribution in [1.82, 2.24) is 10.6 Å². The van der Waals surface area contributed by atoms with E-state index in [2.05, 4.69) is 20.6 Å². The van der Waals surface area contributed by atoms with Gasteiger partial charge in [-0.1, -0.05) is 47.6 Å². The molecule has 0 amide bonds. The average Bonchev–Trinajstić information content (AvgIpc) is 3.61. The highest BCUT2D eigenvalue weighted by Crippen LogP contribution is 2.30. The molecule has 0 radical (unpaired) electrons. The third-order valence-electron chi connectivity index (χ3n) is 7.74. The third-order valence-corrected chi connectivity index (χ3v) is 7.74. The van der Waals surface area contributed by atoms with Crippen molar-refractivity contribution in [3.8, 4) is 0 Å². The molecule has 2 unspecified atom stereocenters. The Kier molecular flexibility index (Phi) is 7.94. The lowest BCUT2D eigenvalue weighted by molar-refractivity contribution is -0.132. The van der Waals surface area contributed by atoms with Gasteiger partial charge in [-0.25, -0.2) is 28.4 Å². The fourth-order valence-electron chi connectivity index (χ4n) is 5.67. The van der Waals surface area contributed by atoms with Crippen molar-refractivity contribution in [3.63, 3.8) is 0 Å². The molecule has 2 heterocycles. The smallest absolute Gasteiger partial charge is 0.338 e. The van der Waals surface area contributed by atoms with Crippen LogP contribution in [0.15, 0.2) is 69.7 Å². The van der Waals surface area contributed by atoms with Gasteiger partial charge in [-0.2, -0.15) is 0 Å². The molecule has 2 aliphatic heterocycles. The van der Waals surface area contributed by atoms with Gasteiger partial charge in [0.25, 0.3) is 12.0 Å². The Labute approximate surface area is 241 Å². The second kappa shape index (κ2) is 12.1. The molecule has 42 heavy (non-hydrogen) atoms. The minimum Gasteiger partial charge on any atom is -0.389 e. The molecule has 0 aromatic heterocycles. The lowest BCUT2D eigenvalue weighted by Crippen LogP contribution is -2.26. The van der Waals surface area contributed by atoms with Crippen LogP contribution in [0, 0.1) is 11.6 Å². The molecular weight excluding hydrogens is 542 g/mol. The predicted molar refractivity (Wildman–Crippen MR) is 154 cm³/mol. The van der Waals surface area contributed by atoms with Crippen LogP contribution in [0.1, 0.15) is 47.9 Å². The number of halogens is 2. The van der Waals surface area contributed by atoms with Crippen LogP contribution in [0.5, 0.6) is 0 Å². The minimum absolute atomic E-state index is 0.0789. The molecule has 8 nitrogen and oxygen atoms in total. The topological polar surface area (TPSA) is 101 Å². The highest BCUT2D eigenvalue weighted by molar-refractivity contribution is 6.00. The van der Waals surface area contributed by atoms with E-state index in [0.717, 1.165) is 60.1 Å². The number of nitrogens with one attached hydrogen (secondary N) is 2. The second-order valence-corrected chi connectivity index (χ2v) is 10.8. The zero-order valence-electron chi connectivity index (χ0n) is 22.9. The van der Waals surface area contributed by atoms with E-state index in [4.69, 9.17) is 9.47 Å². The maximum Gasteiger partial charge on any atom is 0.338 e. The number of carbonyl (C=O) groups is 2. The number of esters is 2. The summed E-state index contributed by atoms with van der Waals surface area (Å²) in [5.74, 6) is -2.00. The van der Waals surface area contributed by atoms with Crippen molar-refractivity contribution in [2.45, 2.75) is 50.6 Å². The average molecular weight is 573 g/mol. The molecule has 6 rings (SSSR count). The van der Waals surface area contributed by atoms with Gasteiger partial charge in [-0.3, -0.25) is 0 Å². The number of benzene rings is 2. The Morgan fingerprint density at radius 3 is 1.64 bits per heavy atom. The van der Waals surface area contributed by atoms with E-state index >= 15 is 0 Å². The van der Waals surface area contributed by atoms with Crippen LogP contribution in [0.25, 0.3) is 12.2 Å². The van der Waals surface area contributed by atoms with Gasteiger partial charge in [-0.15, -0.1) is 0 Å². The van der Waals surface area contributed by atoms with E-state index in [1.807, 2.05) is 24.3 Å². The molecule has 2 aliphatic carbocycles. The number of carbonyl (C=O) groups excluding carboxylic acids is 2. The van der Waals surface area contributed by atoms with Crippen LogP contribution in [-0.4, -0.2) is 49.2 Å². The van der Waals surface area contributed by atoms with Crippen LogP contribution in [0.3, 0.4) is 0 Å². The fraction of sp³-hybridized carbons (Fsp3) is 0.312. The molecule has 0 saturated heterocycles. The van der Waals surface area contributed by atoms with Crippen molar-refractivity contribution in [2.24, 2.45) is 9.98 Å². The van der Waals surface area contributed by atoms with Crippen LogP contribution >= 0.6 is 0 Å². The first-order valence-electron chi connectivity index (χ1n) is 14.1. The predicted octanol–water partition coefficient (Wildman–Crippen LogP) is 4.40. The van der Waals surface area contributed by atoms with E-state index in [1.54, 1.807) is 12.1 Å². The monoisotopic (exact) mass is 572 g/mol. The van der Waals surface area contributed by atoms with Gasteiger partial charge < -0.3 is 20.1 Å². The van der Waals surface area contributed by atoms with Crippen LogP contribution in [-0.2, 0) is 31.9 Å². The van der Waals surface area contributed by atoms with Gasteiger partial charge in [0, 0.05) is 36.4 Å². The summed E-state index contributed by atoms with van der Waals surface area (Å²) in [7, 11) is 0. The summed E-state index contributed by atoms with van der Waals surface area (Å²) in [5.41, 5.74) is 5.47. The maximum atomic E-state index is 14.2. The molecule has 2 aromatic carbocycles. The first kappa shape index (κ1) is 27.6. The first-order chi connectivity index (χ1) is 20.4. The molecule has 0 fully saturated rings. The van der Waals surface area contributed by atoms with Crippen molar-refractivity contribution in [3.05, 3.63) is 93.6 Å². The molecule has 4 aliphatic rings. The summed E-state index contributed by atoms with van der Waals surface area (Å²) in [6.07, 6.45) is 10.2. The quantitative estimate of drug-likeness (QED) is 0.393. The van der Waals surface area contributed by atoms with Crippen molar-refractivity contribution >= 4 is 36.1 Å². The minimum atomic E-state index is -0.775. The van der Waals surface area contributed by atoms with E-state index in [0.29, 0.717) is 37.1 Å². The highest BCUT2D eigenvalue weighted by atomic mass is 19.1. The zero-order chi connectivity index (χ0) is 29.1. The Hall–Kier alpha value is -4.60. The van der Waals surface area contributed by atoms with E-state index in [1.165, 1.54) is 12.1 Å². The Morgan fingerprint density at radius 1 is 0.738 bits per heavy atom. The summed E-state index contributed by atoms with van der Waals surface area (Å²) in [6, 6.07) is 10.1. The van der Waals surface area contributed by atoms with Crippen molar-refractivity contribution in [2.75, 3.05) is 13.1 Å². The number of fused-ring (bicyclic) bond motifs is 2. The number of hydrogen-bond acceptors (Lipinski definition) is 8. The molecule has 0 saturated carbocycles. The summed E-state index contributed by atoms with van der Waals surface area (Å²) < 4.78 is 38.7. The third kappa shape index (κ3) is 6.48. The normalized spacial score (nSPS) is 20.8. The number of hydrogen-bond donors (Lipinski definition) is 2.